The van der Waals surface area contributed by atoms with E-state index in [1.54, 1.807) is 6.92 Å². The standard InChI is InChI=1S/C40H54O3/c1-28(18-13-20-30(3)23-25-34-32(5)22-15-27-39(34,7)8)16-11-12-17-29(2)19-14-21-31(4)24-26-35-33(6)36(41)37(42)38(43)40(35,9)10/h11-14,16-21,23-26,37-38,42-43H,15,22,27H2,1-10H3/b12-11+,18-13+,19-14+,25-23+,26-24+,28-16+,29-17+,30-20+,31-21+/t37-,38+/m1/s1. The third kappa shape index (κ3) is 10.4. The second-order valence-corrected chi connectivity index (χ2v) is 13.4. The maximum absolute atomic E-state index is 12.3. The van der Waals surface area contributed by atoms with Gasteiger partial charge >= 0.3 is 0 Å². The normalized spacial score (nSPS) is 24.8. The lowest BCUT2D eigenvalue weighted by Gasteiger charge is -2.39. The van der Waals surface area contributed by atoms with E-state index in [1.807, 2.05) is 63.3 Å². The molecule has 2 atom stereocenters. The predicted octanol–water partition coefficient (Wildman–Crippen LogP) is 9.73. The predicted molar refractivity (Wildman–Crippen MR) is 185 cm³/mol. The Hall–Kier alpha value is -3.27. The van der Waals surface area contributed by atoms with Gasteiger partial charge in [-0.1, -0.05) is 141 Å². The van der Waals surface area contributed by atoms with Crippen LogP contribution in [-0.2, 0) is 4.79 Å². The van der Waals surface area contributed by atoms with Crippen LogP contribution in [0.2, 0.25) is 0 Å². The third-order valence-electron chi connectivity index (χ3n) is 8.61. The van der Waals surface area contributed by atoms with Crippen LogP contribution in [0, 0.1) is 10.8 Å². The Morgan fingerprint density at radius 1 is 0.698 bits per heavy atom. The maximum atomic E-state index is 12.3. The molecule has 3 heteroatoms. The van der Waals surface area contributed by atoms with Gasteiger partial charge in [-0.25, -0.2) is 0 Å². The Kier molecular flexibility index (Phi) is 13.4. The minimum absolute atomic E-state index is 0.266. The lowest BCUT2D eigenvalue weighted by Crippen LogP contribution is -2.49. The number of hydrogen-bond acceptors (Lipinski definition) is 3. The van der Waals surface area contributed by atoms with Crippen molar-refractivity contribution < 1.29 is 15.0 Å². The zero-order valence-corrected chi connectivity index (χ0v) is 28.2. The summed E-state index contributed by atoms with van der Waals surface area (Å²) in [5.41, 5.74) is 8.37. The number of allylic oxidation sites excluding steroid dienone is 20. The molecule has 0 aromatic heterocycles. The van der Waals surface area contributed by atoms with Crippen LogP contribution in [0.25, 0.3) is 0 Å². The van der Waals surface area contributed by atoms with Crippen molar-refractivity contribution in [1.82, 2.24) is 0 Å². The molecule has 0 unspecified atom stereocenters. The average Bonchev–Trinajstić information content (AvgIpc) is 2.92. The molecule has 0 aromatic carbocycles. The Bertz CT molecular complexity index is 1370. The number of aliphatic hydroxyl groups is 2. The summed E-state index contributed by atoms with van der Waals surface area (Å²) in [6.45, 7) is 20.7. The van der Waals surface area contributed by atoms with E-state index in [0.717, 1.165) is 16.7 Å². The monoisotopic (exact) mass is 582 g/mol. The number of hydrogen-bond donors (Lipinski definition) is 2. The number of Topliss-reactive ketones (excluding diaryl/α,β-unsaturated/α-hetero) is 1. The molecule has 0 fully saturated rings. The van der Waals surface area contributed by atoms with Crippen LogP contribution in [-0.4, -0.2) is 28.2 Å². The average molecular weight is 583 g/mol. The van der Waals surface area contributed by atoms with E-state index < -0.39 is 23.4 Å². The van der Waals surface area contributed by atoms with Crippen LogP contribution in [0.15, 0.2) is 130 Å². The van der Waals surface area contributed by atoms with Gasteiger partial charge in [-0.3, -0.25) is 4.79 Å². The molecule has 0 aliphatic heterocycles. The summed E-state index contributed by atoms with van der Waals surface area (Å²) in [6.07, 6.45) is 30.3. The van der Waals surface area contributed by atoms with Crippen LogP contribution in [0.5, 0.6) is 0 Å². The van der Waals surface area contributed by atoms with Crippen molar-refractivity contribution in [2.75, 3.05) is 0 Å². The molecule has 43 heavy (non-hydrogen) atoms. The van der Waals surface area contributed by atoms with E-state index in [0.29, 0.717) is 5.57 Å². The second kappa shape index (κ2) is 16.0. The first-order valence-electron chi connectivity index (χ1n) is 15.5. The lowest BCUT2D eigenvalue weighted by atomic mass is 9.69. The molecule has 0 radical (unpaired) electrons. The van der Waals surface area contributed by atoms with Crippen molar-refractivity contribution in [3.63, 3.8) is 0 Å². The van der Waals surface area contributed by atoms with Crippen molar-refractivity contribution in [1.29, 1.82) is 0 Å². The number of ketones is 1. The molecule has 2 aliphatic carbocycles. The van der Waals surface area contributed by atoms with E-state index in [-0.39, 0.29) is 5.41 Å². The highest BCUT2D eigenvalue weighted by molar-refractivity contribution is 6.01. The minimum Gasteiger partial charge on any atom is -0.389 e. The Morgan fingerprint density at radius 3 is 1.63 bits per heavy atom. The Morgan fingerprint density at radius 2 is 1.14 bits per heavy atom. The van der Waals surface area contributed by atoms with Crippen molar-refractivity contribution in [3.05, 3.63) is 130 Å². The Balaban J connectivity index is 1.94. The topological polar surface area (TPSA) is 57.5 Å². The van der Waals surface area contributed by atoms with Gasteiger partial charge in [-0.05, 0) is 82.9 Å². The Labute approximate surface area is 261 Å². The van der Waals surface area contributed by atoms with Gasteiger partial charge in [0.1, 0.15) is 6.10 Å². The van der Waals surface area contributed by atoms with Gasteiger partial charge in [0.15, 0.2) is 5.78 Å². The van der Waals surface area contributed by atoms with E-state index in [4.69, 9.17) is 0 Å². The largest absolute Gasteiger partial charge is 0.389 e. The van der Waals surface area contributed by atoms with Crippen molar-refractivity contribution in [2.24, 2.45) is 10.8 Å². The summed E-state index contributed by atoms with van der Waals surface area (Å²) in [7, 11) is 0. The summed E-state index contributed by atoms with van der Waals surface area (Å²) in [5.74, 6) is -0.412. The highest BCUT2D eigenvalue weighted by atomic mass is 16.3. The molecular formula is C40H54O3. The van der Waals surface area contributed by atoms with Crippen molar-refractivity contribution >= 4 is 5.78 Å². The van der Waals surface area contributed by atoms with Gasteiger partial charge in [0, 0.05) is 5.41 Å². The van der Waals surface area contributed by atoms with Crippen LogP contribution in [0.4, 0.5) is 0 Å². The molecule has 2 aliphatic rings. The number of carbonyl (C=O) groups is 1. The SMILES string of the molecule is CC1=C(/C=C/C(C)=C/C=C/C(C)=C/C=C/C=C(C)/C=C/C=C(C)/C=C/C2=C(C)C(=O)[C@@H](O)[C@H](O)C2(C)C)C(C)(C)CCC1. The zero-order valence-electron chi connectivity index (χ0n) is 28.2. The van der Waals surface area contributed by atoms with Crippen LogP contribution in [0.3, 0.4) is 0 Å². The highest BCUT2D eigenvalue weighted by Gasteiger charge is 2.44. The fraction of sp³-hybridized carbons (Fsp3) is 0.425. The van der Waals surface area contributed by atoms with E-state index in [9.17, 15) is 15.0 Å². The molecule has 0 saturated carbocycles. The number of rotatable bonds is 10. The molecular weight excluding hydrogens is 528 g/mol. The van der Waals surface area contributed by atoms with Crippen molar-refractivity contribution in [3.8, 4) is 0 Å². The zero-order chi connectivity index (χ0) is 32.4. The van der Waals surface area contributed by atoms with Gasteiger partial charge < -0.3 is 10.2 Å². The molecule has 2 rings (SSSR count). The molecule has 0 saturated heterocycles. The summed E-state index contributed by atoms with van der Waals surface area (Å²) < 4.78 is 0. The molecule has 0 spiro atoms. The quantitative estimate of drug-likeness (QED) is 0.252. The lowest BCUT2D eigenvalue weighted by molar-refractivity contribution is -0.135. The number of carbonyl (C=O) groups excluding carboxylic acids is 1. The molecule has 0 heterocycles. The smallest absolute Gasteiger partial charge is 0.189 e. The van der Waals surface area contributed by atoms with Gasteiger partial charge in [-0.2, -0.15) is 0 Å². The molecule has 0 amide bonds. The molecule has 0 aromatic rings. The first-order chi connectivity index (χ1) is 20.1. The minimum atomic E-state index is -1.37. The molecule has 3 nitrogen and oxygen atoms in total. The summed E-state index contributed by atoms with van der Waals surface area (Å²) in [5, 5.41) is 20.4. The van der Waals surface area contributed by atoms with E-state index in [2.05, 4.69) is 84.1 Å². The van der Waals surface area contributed by atoms with Gasteiger partial charge in [-0.15, -0.1) is 0 Å². The fourth-order valence-corrected chi connectivity index (χ4v) is 5.66. The summed E-state index contributed by atoms with van der Waals surface area (Å²) in [6, 6.07) is 0. The van der Waals surface area contributed by atoms with Gasteiger partial charge in [0.05, 0.1) is 6.10 Å². The molecule has 2 N–H and O–H groups in total. The molecule has 0 bridgehead atoms. The number of aliphatic hydroxyl groups excluding tert-OH is 2. The van der Waals surface area contributed by atoms with Gasteiger partial charge in [0.2, 0.25) is 0 Å². The third-order valence-corrected chi connectivity index (χ3v) is 8.61. The second-order valence-electron chi connectivity index (χ2n) is 13.4. The summed E-state index contributed by atoms with van der Waals surface area (Å²) >= 11 is 0. The van der Waals surface area contributed by atoms with Crippen LogP contribution >= 0.6 is 0 Å². The van der Waals surface area contributed by atoms with Crippen LogP contribution < -0.4 is 0 Å². The van der Waals surface area contributed by atoms with E-state index >= 15 is 0 Å². The summed E-state index contributed by atoms with van der Waals surface area (Å²) in [4.78, 5) is 12.3. The van der Waals surface area contributed by atoms with Crippen molar-refractivity contribution in [2.45, 2.75) is 101 Å². The first kappa shape index (κ1) is 35.9. The van der Waals surface area contributed by atoms with E-state index in [1.165, 1.54) is 41.6 Å². The van der Waals surface area contributed by atoms with Crippen LogP contribution in [0.1, 0.15) is 88.5 Å². The molecule has 232 valence electrons. The first-order valence-corrected chi connectivity index (χ1v) is 15.5. The van der Waals surface area contributed by atoms with Gasteiger partial charge in [0.25, 0.3) is 0 Å². The highest BCUT2D eigenvalue weighted by Crippen LogP contribution is 2.41. The fourth-order valence-electron chi connectivity index (χ4n) is 5.66. The maximum Gasteiger partial charge on any atom is 0.189 e.